The highest BCUT2D eigenvalue weighted by molar-refractivity contribution is 9.08. The molecular weight excluding hydrogens is 234 g/mol. The number of alkyl halides is 1. The van der Waals surface area contributed by atoms with Gasteiger partial charge < -0.3 is 9.15 Å². The van der Waals surface area contributed by atoms with E-state index in [0.29, 0.717) is 12.0 Å². The number of ether oxygens (including phenoxy) is 1. The average molecular weight is 246 g/mol. The predicted octanol–water partition coefficient (Wildman–Crippen LogP) is 2.46. The third-order valence-corrected chi connectivity index (χ3v) is 2.90. The van der Waals surface area contributed by atoms with Crippen LogP contribution in [-0.4, -0.2) is 17.7 Å². The highest BCUT2D eigenvalue weighted by atomic mass is 79.9. The Kier molecular flexibility index (Phi) is 2.69. The molecule has 13 heavy (non-hydrogen) atoms. The minimum Gasteiger partial charge on any atom is -0.448 e. The quantitative estimate of drug-likeness (QED) is 0.752. The van der Waals surface area contributed by atoms with Crippen molar-refractivity contribution in [1.29, 1.82) is 0 Å². The molecule has 0 radical (unpaired) electrons. The van der Waals surface area contributed by atoms with Crippen LogP contribution in [0.25, 0.3) is 0 Å². The molecule has 1 fully saturated rings. The van der Waals surface area contributed by atoms with Crippen molar-refractivity contribution < 1.29 is 9.15 Å². The molecule has 1 aliphatic heterocycles. The van der Waals surface area contributed by atoms with Crippen molar-refractivity contribution in [1.82, 2.24) is 4.98 Å². The molecule has 1 saturated heterocycles. The van der Waals surface area contributed by atoms with Crippen LogP contribution in [0.3, 0.4) is 0 Å². The number of aromatic nitrogens is 1. The zero-order valence-corrected chi connectivity index (χ0v) is 9.08. The summed E-state index contributed by atoms with van der Waals surface area (Å²) in [5.41, 5.74) is 1.00. The first-order chi connectivity index (χ1) is 6.31. The molecule has 0 bridgehead atoms. The molecule has 0 aromatic carbocycles. The lowest BCUT2D eigenvalue weighted by Gasteiger charge is -2.03. The summed E-state index contributed by atoms with van der Waals surface area (Å²) >= 11 is 3.39. The fourth-order valence-electron chi connectivity index (χ4n) is 1.71. The van der Waals surface area contributed by atoms with Crippen LogP contribution in [0.2, 0.25) is 0 Å². The molecule has 1 aliphatic rings. The van der Waals surface area contributed by atoms with Gasteiger partial charge >= 0.3 is 0 Å². The Morgan fingerprint density at radius 2 is 2.54 bits per heavy atom. The second-order valence-corrected chi connectivity index (χ2v) is 3.93. The van der Waals surface area contributed by atoms with Gasteiger partial charge in [0.1, 0.15) is 5.76 Å². The SMILES string of the molecule is CC1CC(c2ocnc2CBr)CO1. The minimum atomic E-state index is 0.346. The zero-order valence-electron chi connectivity index (χ0n) is 7.50. The monoisotopic (exact) mass is 245 g/mol. The fourth-order valence-corrected chi connectivity index (χ4v) is 2.13. The lowest BCUT2D eigenvalue weighted by Crippen LogP contribution is -1.99. The molecule has 0 amide bonds. The van der Waals surface area contributed by atoms with E-state index in [2.05, 4.69) is 27.8 Å². The molecule has 4 heteroatoms. The third-order valence-electron chi connectivity index (χ3n) is 2.37. The summed E-state index contributed by atoms with van der Waals surface area (Å²) in [5.74, 6) is 1.38. The van der Waals surface area contributed by atoms with Crippen LogP contribution >= 0.6 is 15.9 Å². The second-order valence-electron chi connectivity index (χ2n) is 3.37. The van der Waals surface area contributed by atoms with E-state index in [4.69, 9.17) is 9.15 Å². The van der Waals surface area contributed by atoms with E-state index < -0.39 is 0 Å². The Morgan fingerprint density at radius 3 is 3.15 bits per heavy atom. The van der Waals surface area contributed by atoms with Crippen LogP contribution in [0.15, 0.2) is 10.8 Å². The largest absolute Gasteiger partial charge is 0.448 e. The summed E-state index contributed by atoms with van der Waals surface area (Å²) in [5, 5.41) is 0.754. The molecule has 1 aromatic rings. The van der Waals surface area contributed by atoms with Crippen LogP contribution < -0.4 is 0 Å². The van der Waals surface area contributed by atoms with E-state index in [1.54, 1.807) is 0 Å². The smallest absolute Gasteiger partial charge is 0.181 e. The molecular formula is C9H12BrNO2. The Balaban J connectivity index is 2.16. The molecule has 1 aromatic heterocycles. The van der Waals surface area contributed by atoms with E-state index in [1.807, 2.05) is 0 Å². The Morgan fingerprint density at radius 1 is 1.69 bits per heavy atom. The van der Waals surface area contributed by atoms with Gasteiger partial charge in [0.2, 0.25) is 0 Å². The van der Waals surface area contributed by atoms with Gasteiger partial charge in [0.25, 0.3) is 0 Å². The first kappa shape index (κ1) is 9.21. The fraction of sp³-hybridized carbons (Fsp3) is 0.667. The van der Waals surface area contributed by atoms with Gasteiger partial charge in [0.15, 0.2) is 6.39 Å². The molecule has 2 unspecified atom stereocenters. The molecule has 0 N–H and O–H groups in total. The Bertz CT molecular complexity index is 287. The number of halogens is 1. The van der Waals surface area contributed by atoms with Crippen LogP contribution in [0.1, 0.15) is 30.7 Å². The summed E-state index contributed by atoms with van der Waals surface area (Å²) in [4.78, 5) is 4.14. The molecule has 2 heterocycles. The predicted molar refractivity (Wildman–Crippen MR) is 51.9 cm³/mol. The summed E-state index contributed by atoms with van der Waals surface area (Å²) in [6.45, 7) is 2.85. The maximum atomic E-state index is 5.49. The van der Waals surface area contributed by atoms with Gasteiger partial charge in [-0.15, -0.1) is 0 Å². The number of hydrogen-bond donors (Lipinski definition) is 0. The second kappa shape index (κ2) is 3.80. The number of nitrogens with zero attached hydrogens (tertiary/aromatic N) is 1. The molecule has 0 saturated carbocycles. The van der Waals surface area contributed by atoms with Crippen LogP contribution in [0, 0.1) is 0 Å². The Hall–Kier alpha value is -0.350. The van der Waals surface area contributed by atoms with Crippen LogP contribution in [-0.2, 0) is 10.1 Å². The zero-order chi connectivity index (χ0) is 9.26. The number of oxazole rings is 1. The summed E-state index contributed by atoms with van der Waals surface area (Å²) < 4.78 is 10.9. The highest BCUT2D eigenvalue weighted by Crippen LogP contribution is 2.31. The molecule has 3 nitrogen and oxygen atoms in total. The lowest BCUT2D eigenvalue weighted by atomic mass is 10.0. The normalized spacial score (nSPS) is 28.2. The molecule has 72 valence electrons. The Labute approximate surface area is 85.6 Å². The maximum Gasteiger partial charge on any atom is 0.181 e. The van der Waals surface area contributed by atoms with E-state index >= 15 is 0 Å². The van der Waals surface area contributed by atoms with Crippen molar-refractivity contribution >= 4 is 15.9 Å². The molecule has 0 spiro atoms. The van der Waals surface area contributed by atoms with Crippen molar-refractivity contribution in [3.63, 3.8) is 0 Å². The van der Waals surface area contributed by atoms with Crippen molar-refractivity contribution in [2.24, 2.45) is 0 Å². The minimum absolute atomic E-state index is 0.346. The van der Waals surface area contributed by atoms with Crippen molar-refractivity contribution in [3.8, 4) is 0 Å². The van der Waals surface area contributed by atoms with Gasteiger partial charge in [-0.1, -0.05) is 15.9 Å². The van der Waals surface area contributed by atoms with Crippen molar-refractivity contribution in [3.05, 3.63) is 17.8 Å². The first-order valence-corrected chi connectivity index (χ1v) is 5.53. The lowest BCUT2D eigenvalue weighted by molar-refractivity contribution is 0.122. The van der Waals surface area contributed by atoms with Crippen molar-refractivity contribution in [2.45, 2.75) is 30.7 Å². The summed E-state index contributed by atoms with van der Waals surface area (Å²) in [6, 6.07) is 0. The topological polar surface area (TPSA) is 35.3 Å². The van der Waals surface area contributed by atoms with Crippen molar-refractivity contribution in [2.75, 3.05) is 6.61 Å². The van der Waals surface area contributed by atoms with Gasteiger partial charge in [-0.3, -0.25) is 0 Å². The highest BCUT2D eigenvalue weighted by Gasteiger charge is 2.28. The summed E-state index contributed by atoms with van der Waals surface area (Å²) in [7, 11) is 0. The van der Waals surface area contributed by atoms with Gasteiger partial charge in [0, 0.05) is 11.2 Å². The van der Waals surface area contributed by atoms with E-state index in [1.165, 1.54) is 6.39 Å². The molecule has 0 aliphatic carbocycles. The van der Waals surface area contributed by atoms with Gasteiger partial charge in [-0.2, -0.15) is 0 Å². The standard InChI is InChI=1S/C9H12BrNO2/c1-6-2-7(4-12-6)9-8(3-10)11-5-13-9/h5-7H,2-4H2,1H3. The van der Waals surface area contributed by atoms with E-state index in [0.717, 1.165) is 29.8 Å². The third kappa shape index (κ3) is 1.79. The van der Waals surface area contributed by atoms with Crippen LogP contribution in [0.4, 0.5) is 0 Å². The molecule has 2 rings (SSSR count). The van der Waals surface area contributed by atoms with Gasteiger partial charge in [0.05, 0.1) is 18.4 Å². The number of hydrogen-bond acceptors (Lipinski definition) is 3. The maximum absolute atomic E-state index is 5.49. The van der Waals surface area contributed by atoms with Gasteiger partial charge in [-0.25, -0.2) is 4.98 Å². The average Bonchev–Trinajstić information content (AvgIpc) is 2.71. The molecule has 2 atom stereocenters. The van der Waals surface area contributed by atoms with Crippen LogP contribution in [0.5, 0.6) is 0 Å². The first-order valence-electron chi connectivity index (χ1n) is 4.41. The van der Waals surface area contributed by atoms with Gasteiger partial charge in [-0.05, 0) is 13.3 Å². The van der Waals surface area contributed by atoms with E-state index in [9.17, 15) is 0 Å². The summed E-state index contributed by atoms with van der Waals surface area (Å²) in [6.07, 6.45) is 2.89. The van der Waals surface area contributed by atoms with E-state index in [-0.39, 0.29) is 0 Å². The number of rotatable bonds is 2.